The summed E-state index contributed by atoms with van der Waals surface area (Å²) in [5.41, 5.74) is 0.360. The molecule has 4 aliphatic heterocycles. The lowest BCUT2D eigenvalue weighted by Crippen LogP contribution is -2.67. The van der Waals surface area contributed by atoms with Crippen LogP contribution in [0, 0.1) is 23.7 Å². The summed E-state index contributed by atoms with van der Waals surface area (Å²) >= 11 is 0. The van der Waals surface area contributed by atoms with Gasteiger partial charge in [-0.2, -0.15) is 0 Å². The number of hydrogen-bond donors (Lipinski definition) is 3. The monoisotopic (exact) mass is 686 g/mol. The van der Waals surface area contributed by atoms with E-state index < -0.39 is 59.9 Å². The zero-order valence-corrected chi connectivity index (χ0v) is 30.3. The van der Waals surface area contributed by atoms with Crippen LogP contribution in [0.15, 0.2) is 47.1 Å². The third-order valence-electron chi connectivity index (χ3n) is 11.3. The van der Waals surface area contributed by atoms with Crippen molar-refractivity contribution in [2.45, 2.75) is 154 Å². The van der Waals surface area contributed by atoms with Crippen molar-refractivity contribution in [2.24, 2.45) is 23.7 Å². The summed E-state index contributed by atoms with van der Waals surface area (Å²) in [6, 6.07) is 0. The van der Waals surface area contributed by atoms with Gasteiger partial charge < -0.3 is 39.0 Å². The first-order valence-electron chi connectivity index (χ1n) is 18.4. The van der Waals surface area contributed by atoms with Gasteiger partial charge in [-0.05, 0) is 56.6 Å². The second-order valence-electron chi connectivity index (χ2n) is 15.3. The Morgan fingerprint density at radius 1 is 1.14 bits per heavy atom. The van der Waals surface area contributed by atoms with Crippen molar-refractivity contribution < 1.29 is 48.6 Å². The van der Waals surface area contributed by atoms with Gasteiger partial charge >= 0.3 is 11.9 Å². The molecule has 13 atom stereocenters. The van der Waals surface area contributed by atoms with Gasteiger partial charge in [-0.15, -0.1) is 0 Å². The van der Waals surface area contributed by atoms with E-state index >= 15 is 0 Å². The maximum absolute atomic E-state index is 14.2. The van der Waals surface area contributed by atoms with Crippen LogP contribution in [-0.2, 0) is 33.3 Å². The molecule has 1 spiro atoms. The number of allylic oxidation sites excluding steroid dienone is 4. The minimum Gasteiger partial charge on any atom is -0.462 e. The largest absolute Gasteiger partial charge is 0.462 e. The van der Waals surface area contributed by atoms with Gasteiger partial charge in [-0.3, -0.25) is 9.59 Å². The molecule has 0 aromatic rings. The molecule has 0 aromatic carbocycles. The molecule has 0 amide bonds. The molecule has 49 heavy (non-hydrogen) atoms. The second kappa shape index (κ2) is 15.5. The zero-order valence-electron chi connectivity index (χ0n) is 30.3. The van der Waals surface area contributed by atoms with Crippen LogP contribution in [0.25, 0.3) is 0 Å². The average molecular weight is 687 g/mol. The van der Waals surface area contributed by atoms with Crippen LogP contribution >= 0.6 is 0 Å². The topological polar surface area (TPSA) is 141 Å². The van der Waals surface area contributed by atoms with E-state index in [0.29, 0.717) is 36.8 Å². The van der Waals surface area contributed by atoms with Crippen molar-refractivity contribution in [3.8, 4) is 0 Å². The molecule has 0 aromatic heterocycles. The summed E-state index contributed by atoms with van der Waals surface area (Å²) in [5, 5.41) is 35.3. The quantitative estimate of drug-likeness (QED) is 0.251. The summed E-state index contributed by atoms with van der Waals surface area (Å²) in [6.45, 7) is 13.8. The summed E-state index contributed by atoms with van der Waals surface area (Å²) in [4.78, 5) is 27.4. The van der Waals surface area contributed by atoms with Crippen LogP contribution < -0.4 is 0 Å². The van der Waals surface area contributed by atoms with Gasteiger partial charge in [0.1, 0.15) is 42.0 Å². The van der Waals surface area contributed by atoms with Crippen LogP contribution in [0.2, 0.25) is 0 Å². The molecule has 3 saturated heterocycles. The Bertz CT molecular complexity index is 1330. The second-order valence-corrected chi connectivity index (χ2v) is 15.3. The lowest BCUT2D eigenvalue weighted by molar-refractivity contribution is -0.385. The van der Waals surface area contributed by atoms with Crippen LogP contribution in [-0.4, -0.2) is 88.0 Å². The molecule has 13 unspecified atom stereocenters. The Morgan fingerprint density at radius 3 is 2.61 bits per heavy atom. The average Bonchev–Trinajstić information content (AvgIpc) is 3.40. The minimum atomic E-state index is -1.81. The Morgan fingerprint density at radius 2 is 1.90 bits per heavy atom. The van der Waals surface area contributed by atoms with E-state index in [1.165, 1.54) is 0 Å². The van der Waals surface area contributed by atoms with Gasteiger partial charge in [-0.25, -0.2) is 0 Å². The third-order valence-corrected chi connectivity index (χ3v) is 11.3. The number of hydrogen-bond acceptors (Lipinski definition) is 10. The zero-order chi connectivity index (χ0) is 35.7. The lowest BCUT2D eigenvalue weighted by Gasteiger charge is -2.54. The van der Waals surface area contributed by atoms with Crippen LogP contribution in [0.3, 0.4) is 0 Å². The smallest absolute Gasteiger partial charge is 0.316 e. The minimum absolute atomic E-state index is 0.0145. The third kappa shape index (κ3) is 7.65. The number of carbonyl (C=O) groups excluding carboxylic acids is 2. The molecular weight excluding hydrogens is 628 g/mol. The highest BCUT2D eigenvalue weighted by Crippen LogP contribution is 2.48. The number of aliphatic hydroxyl groups excluding tert-OH is 2. The SMILES string of the molecule is CCCCC(C)C(=O)OC1C(C)C(CC)OC2(CC3CC(C/C=C(\C)CC(C)/C=C/C=C4\COC5C(O)C(C)=CC(C(=O)O3)C45O)O2)C1O. The lowest BCUT2D eigenvalue weighted by atomic mass is 9.71. The molecule has 3 fully saturated rings. The summed E-state index contributed by atoms with van der Waals surface area (Å²) in [7, 11) is 0. The molecule has 1 aliphatic carbocycles. The highest BCUT2D eigenvalue weighted by Gasteiger charge is 2.62. The molecule has 274 valence electrons. The van der Waals surface area contributed by atoms with Crippen LogP contribution in [0.1, 0.15) is 99.8 Å². The molecule has 5 rings (SSSR count). The fourth-order valence-corrected chi connectivity index (χ4v) is 8.32. The number of unbranched alkanes of at least 4 members (excludes halogenated alkanes) is 1. The highest BCUT2D eigenvalue weighted by atomic mass is 16.7. The first-order valence-corrected chi connectivity index (χ1v) is 18.4. The van der Waals surface area contributed by atoms with Gasteiger partial charge in [0.25, 0.3) is 0 Å². The Balaban J connectivity index is 1.51. The summed E-state index contributed by atoms with van der Waals surface area (Å²) < 4.78 is 31.6. The highest BCUT2D eigenvalue weighted by molar-refractivity contribution is 5.78. The van der Waals surface area contributed by atoms with E-state index in [-0.39, 0.29) is 42.9 Å². The van der Waals surface area contributed by atoms with E-state index in [1.807, 2.05) is 32.9 Å². The number of carbonyl (C=O) groups is 2. The fourth-order valence-electron chi connectivity index (χ4n) is 8.32. The summed E-state index contributed by atoms with van der Waals surface area (Å²) in [5.74, 6) is -4.19. The van der Waals surface area contributed by atoms with E-state index in [9.17, 15) is 24.9 Å². The number of esters is 2. The molecular formula is C39H58O10. The predicted octanol–water partition coefficient (Wildman–Crippen LogP) is 5.24. The Hall–Kier alpha value is -2.34. The number of ether oxygens (including phenoxy) is 5. The van der Waals surface area contributed by atoms with Crippen molar-refractivity contribution >= 4 is 11.9 Å². The number of fused-ring (bicyclic) bond motifs is 2. The maximum atomic E-state index is 14.2. The fraction of sp³-hybridized carbons (Fsp3) is 0.744. The maximum Gasteiger partial charge on any atom is 0.316 e. The van der Waals surface area contributed by atoms with Crippen molar-refractivity contribution in [1.29, 1.82) is 0 Å². The van der Waals surface area contributed by atoms with Gasteiger partial charge in [-0.1, -0.05) is 83.4 Å². The summed E-state index contributed by atoms with van der Waals surface area (Å²) in [6.07, 6.45) is 8.27. The van der Waals surface area contributed by atoms with Crippen LogP contribution in [0.5, 0.6) is 0 Å². The van der Waals surface area contributed by atoms with Gasteiger partial charge in [0.05, 0.1) is 24.7 Å². The molecule has 3 N–H and O–H groups in total. The number of rotatable bonds is 6. The number of aliphatic hydroxyl groups is 3. The van der Waals surface area contributed by atoms with Gasteiger partial charge in [0.15, 0.2) is 0 Å². The van der Waals surface area contributed by atoms with E-state index in [1.54, 1.807) is 19.1 Å². The van der Waals surface area contributed by atoms with Crippen molar-refractivity contribution in [1.82, 2.24) is 0 Å². The predicted molar refractivity (Wildman–Crippen MR) is 183 cm³/mol. The Kier molecular flexibility index (Phi) is 12.0. The Labute approximate surface area is 291 Å². The molecule has 5 aliphatic rings. The molecule has 2 bridgehead atoms. The van der Waals surface area contributed by atoms with Gasteiger partial charge in [0, 0.05) is 18.8 Å². The molecule has 10 heteroatoms. The standard InChI is InChI=1S/C39H58O10/c1-8-10-13-24(5)36(42)47-33-26(7)31(9-2)49-38(34(33)41)20-29-19-28(48-38)16-15-23(4)17-22(3)12-11-14-27-21-45-35-32(40)25(6)18-30(37(43)46-29)39(27,35)44/h11-12,14-15,18,22,24,26,28-35,40-41,44H,8-10,13,16-17,19-21H2,1-7H3/b12-11+,23-15+,27-14+. The van der Waals surface area contributed by atoms with E-state index in [0.717, 1.165) is 24.8 Å². The van der Waals surface area contributed by atoms with Crippen molar-refractivity contribution in [3.63, 3.8) is 0 Å². The van der Waals surface area contributed by atoms with Crippen molar-refractivity contribution in [2.75, 3.05) is 6.61 Å². The molecule has 0 saturated carbocycles. The van der Waals surface area contributed by atoms with E-state index in [2.05, 4.69) is 26.8 Å². The normalized spacial score (nSPS) is 44.8. The first-order chi connectivity index (χ1) is 23.2. The van der Waals surface area contributed by atoms with Crippen LogP contribution in [0.4, 0.5) is 0 Å². The van der Waals surface area contributed by atoms with Gasteiger partial charge in [0.2, 0.25) is 5.79 Å². The molecule has 4 heterocycles. The van der Waals surface area contributed by atoms with E-state index in [4.69, 9.17) is 23.7 Å². The molecule has 10 nitrogen and oxygen atoms in total. The van der Waals surface area contributed by atoms with Crippen molar-refractivity contribution in [3.05, 3.63) is 47.1 Å². The first kappa shape index (κ1) is 37.9. The molecule has 0 radical (unpaired) electrons.